The third-order valence-corrected chi connectivity index (χ3v) is 6.77. The molecule has 0 spiro atoms. The molecule has 4 heteroatoms. The minimum atomic E-state index is -0.504. The van der Waals surface area contributed by atoms with Crippen molar-refractivity contribution in [1.29, 1.82) is 0 Å². The van der Waals surface area contributed by atoms with Crippen molar-refractivity contribution < 1.29 is 39.1 Å². The zero-order valence-corrected chi connectivity index (χ0v) is 13.4. The summed E-state index contributed by atoms with van der Waals surface area (Å²) in [6.07, 6.45) is -0.504. The van der Waals surface area contributed by atoms with Gasteiger partial charge in [0.25, 0.3) is 0 Å². The Labute approximate surface area is 109 Å². The first kappa shape index (κ1) is 15.7. The van der Waals surface area contributed by atoms with Crippen LogP contribution in [0.4, 0.5) is 0 Å². The Morgan fingerprint density at radius 1 is 1.47 bits per heavy atom. The van der Waals surface area contributed by atoms with Crippen LogP contribution >= 0.6 is 0 Å². The summed E-state index contributed by atoms with van der Waals surface area (Å²) in [6, 6.07) is -0.334. The number of rotatable bonds is 7. The molecule has 0 rings (SSSR count). The van der Waals surface area contributed by atoms with Crippen LogP contribution in [0.1, 0.15) is 20.8 Å². The molecule has 15 heavy (non-hydrogen) atoms. The van der Waals surface area contributed by atoms with Crippen LogP contribution in [-0.4, -0.2) is 42.0 Å². The molecule has 0 aliphatic carbocycles. The molecule has 0 amide bonds. The summed E-state index contributed by atoms with van der Waals surface area (Å²) in [7, 11) is 3.70. The van der Waals surface area contributed by atoms with Crippen molar-refractivity contribution in [2.75, 3.05) is 14.1 Å². The Hall–Kier alpha value is 0.694. The first-order valence-corrected chi connectivity index (χ1v) is 9.59. The molecule has 0 bridgehead atoms. The number of carbonyl (C=O) groups is 1. The van der Waals surface area contributed by atoms with Gasteiger partial charge in [0, 0.05) is 0 Å². The molecular weight excluding hydrogens is 267 g/mol. The number of ketones is 1. The van der Waals surface area contributed by atoms with Gasteiger partial charge in [0.2, 0.25) is 0 Å². The van der Waals surface area contributed by atoms with Crippen LogP contribution in [0.3, 0.4) is 0 Å². The van der Waals surface area contributed by atoms with Gasteiger partial charge in [-0.1, -0.05) is 0 Å². The number of carbonyl (C=O) groups excluding carboxylic acids is 1. The van der Waals surface area contributed by atoms with Crippen molar-refractivity contribution in [2.24, 2.45) is 5.92 Å². The average Bonchev–Trinajstić information content (AvgIpc) is 2.12. The molecule has 0 saturated heterocycles. The van der Waals surface area contributed by atoms with Crippen LogP contribution in [0, 0.1) is 5.92 Å². The van der Waals surface area contributed by atoms with Crippen molar-refractivity contribution in [3.8, 4) is 0 Å². The third-order valence-electron chi connectivity index (χ3n) is 2.71. The first-order chi connectivity index (χ1) is 6.91. The quantitative estimate of drug-likeness (QED) is 0.771. The zero-order chi connectivity index (χ0) is 12.0. The first-order valence-electron chi connectivity index (χ1n) is 5.58. The second kappa shape index (κ2) is 7.88. The molecule has 0 aliphatic heterocycles. The van der Waals surface area contributed by atoms with Gasteiger partial charge >= 0.3 is 109 Å². The van der Waals surface area contributed by atoms with Gasteiger partial charge in [0.1, 0.15) is 0 Å². The van der Waals surface area contributed by atoms with E-state index in [1.165, 1.54) is 6.46 Å². The van der Waals surface area contributed by atoms with Crippen molar-refractivity contribution in [2.45, 2.75) is 39.4 Å². The molecule has 0 saturated carbocycles. The van der Waals surface area contributed by atoms with Gasteiger partial charge in [-0.3, -0.25) is 0 Å². The van der Waals surface area contributed by atoms with Gasteiger partial charge in [-0.15, -0.1) is 0 Å². The topological polar surface area (TPSA) is 40.5 Å². The number of hydrogen-bond acceptors (Lipinski definition) is 3. The number of Topliss-reactive ketones (excluding diaryl/α,β-unsaturated/α-hetero) is 1. The average molecular weight is 290 g/mol. The summed E-state index contributed by atoms with van der Waals surface area (Å²) in [5, 5.41) is 10.1. The van der Waals surface area contributed by atoms with Crippen LogP contribution in [0.2, 0.25) is 6.46 Å². The van der Waals surface area contributed by atoms with E-state index < -0.39 is 35.3 Å². The molecule has 0 radical (unpaired) electrons. The summed E-state index contributed by atoms with van der Waals surface area (Å²) in [5.74, 6) is 0.325. The van der Waals surface area contributed by atoms with Gasteiger partial charge in [-0.05, 0) is 0 Å². The monoisotopic (exact) mass is 290 g/mol. The molecule has 0 heterocycles. The molecule has 0 aromatic carbocycles. The van der Waals surface area contributed by atoms with E-state index in [4.69, 9.17) is 0 Å². The molecule has 0 fully saturated rings. The van der Waals surface area contributed by atoms with Crippen LogP contribution in [0.15, 0.2) is 0 Å². The predicted molar refractivity (Wildman–Crippen MR) is 58.6 cm³/mol. The number of nitrogens with zero attached hydrogens (tertiary/aromatic N) is 1. The molecule has 87 valence electrons. The zero-order valence-electron chi connectivity index (χ0n) is 10.5. The molecule has 1 N–H and O–H groups in total. The van der Waals surface area contributed by atoms with Crippen LogP contribution in [0.25, 0.3) is 0 Å². The third kappa shape index (κ3) is 5.53. The number of aliphatic hydroxyl groups is 1. The Bertz CT molecular complexity index is 197. The van der Waals surface area contributed by atoms with Crippen molar-refractivity contribution >= 4 is 5.78 Å². The van der Waals surface area contributed by atoms with Crippen LogP contribution in [-0.2, 0) is 34.0 Å². The van der Waals surface area contributed by atoms with Crippen molar-refractivity contribution in [1.82, 2.24) is 4.90 Å². The SMILES string of the molecule is C[CH2][Y][CH2]C(C)C(O)C(C(C)=O)N(C)C. The molecular formula is C11H23NO2Y. The fraction of sp³-hybridized carbons (Fsp3) is 0.909. The minimum absolute atomic E-state index is 0.0589. The Morgan fingerprint density at radius 3 is 2.33 bits per heavy atom. The van der Waals surface area contributed by atoms with Gasteiger partial charge in [-0.25, -0.2) is 0 Å². The molecule has 0 aliphatic rings. The van der Waals surface area contributed by atoms with E-state index in [1.807, 2.05) is 19.0 Å². The Balaban J connectivity index is 4.35. The second-order valence-electron chi connectivity index (χ2n) is 4.42. The standard InChI is InChI=1S/C9H18NO2.C2H5.Y/c1-6(2)9(12)8(7(3)11)10(4)5;1-2;/h6,8-9,12H,1H2,2-5H3;1H2,2H3;. The van der Waals surface area contributed by atoms with E-state index in [0.29, 0.717) is 0 Å². The maximum absolute atomic E-state index is 11.4. The van der Waals surface area contributed by atoms with Crippen molar-refractivity contribution in [3.63, 3.8) is 0 Å². The van der Waals surface area contributed by atoms with E-state index in [1.54, 1.807) is 6.92 Å². The van der Waals surface area contributed by atoms with Gasteiger partial charge in [0.05, 0.1) is 0 Å². The van der Waals surface area contributed by atoms with E-state index in [0.717, 1.165) is 0 Å². The van der Waals surface area contributed by atoms with Crippen LogP contribution < -0.4 is 0 Å². The van der Waals surface area contributed by atoms with Gasteiger partial charge < -0.3 is 0 Å². The summed E-state index contributed by atoms with van der Waals surface area (Å²) in [6.45, 7) is 5.84. The Morgan fingerprint density at radius 2 is 2.00 bits per heavy atom. The van der Waals surface area contributed by atoms with Gasteiger partial charge in [0.15, 0.2) is 0 Å². The van der Waals surface area contributed by atoms with E-state index in [-0.39, 0.29) is 17.7 Å². The summed E-state index contributed by atoms with van der Waals surface area (Å²) < 4.78 is 2.49. The van der Waals surface area contributed by atoms with Crippen LogP contribution in [0.5, 0.6) is 0 Å². The predicted octanol–water partition coefficient (Wildman–Crippen LogP) is 1.44. The Kier molecular flexibility index (Phi) is 8.25. The number of aliphatic hydroxyl groups excluding tert-OH is 1. The normalized spacial score (nSPS) is 17.0. The van der Waals surface area contributed by atoms with E-state index >= 15 is 0 Å². The van der Waals surface area contributed by atoms with E-state index in [9.17, 15) is 9.90 Å². The molecule has 3 unspecified atom stereocenters. The molecule has 0 aromatic heterocycles. The number of hydrogen-bond donors (Lipinski definition) is 1. The summed E-state index contributed by atoms with van der Waals surface area (Å²) in [4.78, 5) is 13.2. The molecule has 0 aromatic rings. The molecule has 3 nitrogen and oxygen atoms in total. The fourth-order valence-corrected chi connectivity index (χ4v) is 4.59. The van der Waals surface area contributed by atoms with E-state index in [2.05, 4.69) is 13.8 Å². The summed E-state index contributed by atoms with van der Waals surface area (Å²) >= 11 is -0.462. The number of likely N-dealkylation sites (N-methyl/N-ethyl adjacent to an activating group) is 1. The fourth-order valence-electron chi connectivity index (χ4n) is 1.79. The molecule has 3 atom stereocenters. The van der Waals surface area contributed by atoms with Crippen molar-refractivity contribution in [3.05, 3.63) is 0 Å². The second-order valence-corrected chi connectivity index (χ2v) is 9.00. The summed E-state index contributed by atoms with van der Waals surface area (Å²) in [5.41, 5.74) is 0. The van der Waals surface area contributed by atoms with Gasteiger partial charge in [-0.2, -0.15) is 0 Å². The maximum atomic E-state index is 11.4.